The van der Waals surface area contributed by atoms with Crippen molar-refractivity contribution in [2.75, 3.05) is 37.6 Å². The second-order valence-corrected chi connectivity index (χ2v) is 7.06. The van der Waals surface area contributed by atoms with Crippen molar-refractivity contribution in [2.45, 2.75) is 25.8 Å². The first kappa shape index (κ1) is 34.0. The molecule has 0 bridgehead atoms. The van der Waals surface area contributed by atoms with E-state index in [9.17, 15) is 19.1 Å². The largest absolute Gasteiger partial charge is 0.477 e. The van der Waals surface area contributed by atoms with Crippen molar-refractivity contribution in [1.29, 1.82) is 0 Å². The number of anilines is 1. The van der Waals surface area contributed by atoms with Crippen LogP contribution in [0.1, 0.15) is 36.2 Å². The molecule has 2 aromatic rings. The Labute approximate surface area is 183 Å². The van der Waals surface area contributed by atoms with Crippen LogP contribution in [-0.4, -0.2) is 86.1 Å². The predicted octanol–water partition coefficient (Wildman–Crippen LogP) is -2.63. The number of carbonyl (C=O) groups is 1. The van der Waals surface area contributed by atoms with Gasteiger partial charge in [0.1, 0.15) is 11.4 Å². The summed E-state index contributed by atoms with van der Waals surface area (Å²) in [7, 11) is 0. The van der Waals surface area contributed by atoms with E-state index >= 15 is 0 Å². The summed E-state index contributed by atoms with van der Waals surface area (Å²) in [6, 6.07) is 3.12. The molecule has 13 heteroatoms. The number of carboxylic acids is 1. The summed E-state index contributed by atoms with van der Waals surface area (Å²) >= 11 is 0. The zero-order valence-electron chi connectivity index (χ0n) is 17.7. The molecule has 32 heavy (non-hydrogen) atoms. The summed E-state index contributed by atoms with van der Waals surface area (Å²) in [5, 5.41) is 9.45. The predicted molar refractivity (Wildman–Crippen MR) is 119 cm³/mol. The number of fused-ring (bicyclic) bond motifs is 1. The van der Waals surface area contributed by atoms with E-state index in [2.05, 4.69) is 11.8 Å². The Hall–Kier alpha value is -2.65. The molecule has 4 rings (SSSR count). The highest BCUT2D eigenvalue weighted by atomic mass is 19.1. The molecule has 2 aliphatic rings. The molecule has 1 aliphatic heterocycles. The van der Waals surface area contributed by atoms with Gasteiger partial charge in [-0.2, -0.15) is 0 Å². The van der Waals surface area contributed by atoms with Gasteiger partial charge < -0.3 is 52.3 Å². The average molecular weight is 467 g/mol. The lowest BCUT2D eigenvalue weighted by molar-refractivity contribution is 0.0694. The van der Waals surface area contributed by atoms with Crippen molar-refractivity contribution in [3.8, 4) is 0 Å². The van der Waals surface area contributed by atoms with E-state index in [-0.39, 0.29) is 49.8 Å². The number of pyridine rings is 1. The van der Waals surface area contributed by atoms with Crippen molar-refractivity contribution in [3.05, 3.63) is 39.9 Å². The van der Waals surface area contributed by atoms with E-state index in [4.69, 9.17) is 0 Å². The Morgan fingerprint density at radius 3 is 2.06 bits per heavy atom. The Bertz CT molecular complexity index is 942. The standard InChI is InChI=1S/C19H22FN3O3.6H2O/c1-2-21-5-7-22(8-6-21)17-10-16-13(9-15(17)20)18(24)14(19(25)26)11-23(16)12-3-4-12;;;;;;/h9-12H,2-8H2,1H3,(H,25,26);6*1H2. The molecule has 1 aromatic heterocycles. The number of halogens is 1. The molecule has 1 aliphatic carbocycles. The number of aromatic nitrogens is 1. The lowest BCUT2D eigenvalue weighted by Gasteiger charge is -2.35. The van der Waals surface area contributed by atoms with Crippen molar-refractivity contribution < 1.29 is 47.1 Å². The van der Waals surface area contributed by atoms with Crippen LogP contribution in [0, 0.1) is 5.82 Å². The van der Waals surface area contributed by atoms with Gasteiger partial charge in [0.2, 0.25) is 5.43 Å². The first-order chi connectivity index (χ1) is 12.5. The third-order valence-electron chi connectivity index (χ3n) is 5.43. The highest BCUT2D eigenvalue weighted by molar-refractivity contribution is 5.93. The van der Waals surface area contributed by atoms with Crippen LogP contribution in [0.25, 0.3) is 10.9 Å². The van der Waals surface area contributed by atoms with E-state index < -0.39 is 17.2 Å². The fourth-order valence-electron chi connectivity index (χ4n) is 3.71. The van der Waals surface area contributed by atoms with Crippen LogP contribution in [0.3, 0.4) is 0 Å². The maximum Gasteiger partial charge on any atom is 0.341 e. The highest BCUT2D eigenvalue weighted by Crippen LogP contribution is 2.38. The molecule has 186 valence electrons. The van der Waals surface area contributed by atoms with Crippen LogP contribution in [0.15, 0.2) is 23.1 Å². The Morgan fingerprint density at radius 1 is 1.03 bits per heavy atom. The van der Waals surface area contributed by atoms with Gasteiger partial charge >= 0.3 is 5.97 Å². The van der Waals surface area contributed by atoms with Gasteiger partial charge in [0.25, 0.3) is 0 Å². The van der Waals surface area contributed by atoms with Gasteiger partial charge in [0.05, 0.1) is 11.2 Å². The zero-order valence-corrected chi connectivity index (χ0v) is 17.7. The molecule has 0 radical (unpaired) electrons. The third-order valence-corrected chi connectivity index (χ3v) is 5.43. The van der Waals surface area contributed by atoms with E-state index in [1.54, 1.807) is 6.07 Å². The van der Waals surface area contributed by atoms with Gasteiger partial charge in [-0.15, -0.1) is 0 Å². The zero-order chi connectivity index (χ0) is 18.4. The van der Waals surface area contributed by atoms with Gasteiger partial charge in [-0.3, -0.25) is 4.79 Å². The number of hydrogen-bond acceptors (Lipinski definition) is 4. The molecule has 1 aromatic carbocycles. The van der Waals surface area contributed by atoms with Crippen molar-refractivity contribution in [1.82, 2.24) is 9.47 Å². The van der Waals surface area contributed by atoms with Gasteiger partial charge in [-0.05, 0) is 31.5 Å². The van der Waals surface area contributed by atoms with Gasteiger partial charge in [-0.1, -0.05) is 6.92 Å². The average Bonchev–Trinajstić information content (AvgIpc) is 3.47. The van der Waals surface area contributed by atoms with E-state index in [1.807, 2.05) is 9.47 Å². The number of hydrogen-bond donors (Lipinski definition) is 1. The smallest absolute Gasteiger partial charge is 0.341 e. The minimum atomic E-state index is -1.27. The number of aromatic carboxylic acids is 1. The lowest BCUT2D eigenvalue weighted by atomic mass is 10.1. The molecule has 1 saturated heterocycles. The van der Waals surface area contributed by atoms with Crippen LogP contribution in [0.2, 0.25) is 0 Å². The fraction of sp³-hybridized carbons (Fsp3) is 0.474. The summed E-state index contributed by atoms with van der Waals surface area (Å²) in [6.45, 7) is 6.31. The van der Waals surface area contributed by atoms with Crippen LogP contribution >= 0.6 is 0 Å². The van der Waals surface area contributed by atoms with Crippen LogP contribution in [0.4, 0.5) is 10.1 Å². The minimum Gasteiger partial charge on any atom is -0.477 e. The molecule has 0 unspecified atom stereocenters. The van der Waals surface area contributed by atoms with Crippen molar-refractivity contribution in [2.24, 2.45) is 0 Å². The van der Waals surface area contributed by atoms with E-state index in [1.165, 1.54) is 12.3 Å². The Kier molecular flexibility index (Phi) is 13.8. The number of rotatable bonds is 4. The molecule has 1 saturated carbocycles. The minimum absolute atomic E-state index is 0. The maximum atomic E-state index is 14.8. The van der Waals surface area contributed by atoms with Gasteiger partial charge in [0.15, 0.2) is 0 Å². The summed E-state index contributed by atoms with van der Waals surface area (Å²) < 4.78 is 16.6. The van der Waals surface area contributed by atoms with E-state index in [0.29, 0.717) is 11.2 Å². The van der Waals surface area contributed by atoms with E-state index in [0.717, 1.165) is 45.6 Å². The lowest BCUT2D eigenvalue weighted by Crippen LogP contribution is -2.46. The summed E-state index contributed by atoms with van der Waals surface area (Å²) in [6.07, 6.45) is 3.30. The summed E-state index contributed by atoms with van der Waals surface area (Å²) in [4.78, 5) is 28.2. The molecular weight excluding hydrogens is 433 g/mol. The third kappa shape index (κ3) is 5.98. The van der Waals surface area contributed by atoms with Crippen LogP contribution < -0.4 is 10.3 Å². The first-order valence-corrected chi connectivity index (χ1v) is 9.08. The second kappa shape index (κ2) is 13.0. The number of nitrogens with zero attached hydrogens (tertiary/aromatic N) is 3. The number of carboxylic acid groups (broad SMARTS) is 1. The topological polar surface area (TPSA) is 255 Å². The molecule has 2 fully saturated rings. The number of likely N-dealkylation sites (N-methyl/N-ethyl adjacent to an activating group) is 1. The Balaban J connectivity index is -0.00000140. The molecule has 13 N–H and O–H groups in total. The van der Waals surface area contributed by atoms with Gasteiger partial charge in [0, 0.05) is 43.8 Å². The van der Waals surface area contributed by atoms with Crippen molar-refractivity contribution in [3.63, 3.8) is 0 Å². The van der Waals surface area contributed by atoms with Crippen LogP contribution in [-0.2, 0) is 0 Å². The second-order valence-electron chi connectivity index (χ2n) is 7.06. The monoisotopic (exact) mass is 467 g/mol. The fourth-order valence-corrected chi connectivity index (χ4v) is 3.71. The molecular formula is C19H34FN3O9. The molecule has 0 amide bonds. The normalized spacial score (nSPS) is 15.0. The van der Waals surface area contributed by atoms with Crippen molar-refractivity contribution >= 4 is 22.6 Å². The number of piperazine rings is 1. The van der Waals surface area contributed by atoms with Gasteiger partial charge in [-0.25, -0.2) is 9.18 Å². The number of benzene rings is 1. The maximum absolute atomic E-state index is 14.8. The molecule has 0 spiro atoms. The highest BCUT2D eigenvalue weighted by Gasteiger charge is 2.28. The Morgan fingerprint density at radius 2 is 1.59 bits per heavy atom. The quantitative estimate of drug-likeness (QED) is 0.504. The molecule has 0 atom stereocenters. The first-order valence-electron chi connectivity index (χ1n) is 9.08. The summed E-state index contributed by atoms with van der Waals surface area (Å²) in [5.41, 5.74) is 0.195. The summed E-state index contributed by atoms with van der Waals surface area (Å²) in [5.74, 6) is -1.74. The molecule has 2 heterocycles. The van der Waals surface area contributed by atoms with Crippen LogP contribution in [0.5, 0.6) is 0 Å². The SMILES string of the molecule is CCN1CCN(c2cc3c(cc2F)c(=O)c(C(=O)O)cn3C2CC2)CC1.O.O.O.O.O.O. The molecule has 12 nitrogen and oxygen atoms in total.